The highest BCUT2D eigenvalue weighted by atomic mass is 31.2. The average Bonchev–Trinajstić information content (AvgIpc) is 3.21. The van der Waals surface area contributed by atoms with Crippen molar-refractivity contribution < 1.29 is 37.9 Å². The SMILES string of the molecule is CC/C=C\C/C=C\C/C=C\C/C=C\C/C=C\CCCCCCCCCC(=O)NCCOP(=O)(O)OCC(O)COC(=O)CCCCCCCCCCCCCCCC. The normalized spacial score (nSPS) is 13.8. The number of esters is 1. The molecule has 1 amide bonds. The molecule has 0 radical (unpaired) electrons. The van der Waals surface area contributed by atoms with Crippen molar-refractivity contribution in [1.29, 1.82) is 0 Å². The molecule has 336 valence electrons. The first kappa shape index (κ1) is 55.7. The lowest BCUT2D eigenvalue weighted by Gasteiger charge is -2.15. The van der Waals surface area contributed by atoms with Crippen LogP contribution < -0.4 is 5.32 Å². The minimum absolute atomic E-state index is 0.0735. The summed E-state index contributed by atoms with van der Waals surface area (Å²) in [6.45, 7) is 3.43. The Balaban J connectivity index is 3.61. The van der Waals surface area contributed by atoms with Gasteiger partial charge in [-0.15, -0.1) is 0 Å². The third kappa shape index (κ3) is 44.8. The first-order chi connectivity index (χ1) is 28.3. The lowest BCUT2D eigenvalue weighted by atomic mass is 10.0. The molecule has 0 aliphatic rings. The highest BCUT2D eigenvalue weighted by molar-refractivity contribution is 7.47. The number of phosphoric ester groups is 1. The second-order valence-corrected chi connectivity index (χ2v) is 16.8. The van der Waals surface area contributed by atoms with Crippen molar-refractivity contribution in [3.8, 4) is 0 Å². The number of hydrogen-bond acceptors (Lipinski definition) is 7. The number of aliphatic hydroxyl groups excluding tert-OH is 1. The number of aliphatic hydroxyl groups is 1. The van der Waals surface area contributed by atoms with Gasteiger partial charge in [0.15, 0.2) is 0 Å². The van der Waals surface area contributed by atoms with Crippen LogP contribution in [0.2, 0.25) is 0 Å². The quantitative estimate of drug-likeness (QED) is 0.0239. The number of unbranched alkanes of at least 4 members (excludes halogenated alkanes) is 20. The minimum atomic E-state index is -4.42. The van der Waals surface area contributed by atoms with Crippen LogP contribution in [0.15, 0.2) is 60.8 Å². The number of rotatable bonds is 43. The van der Waals surface area contributed by atoms with Crippen molar-refractivity contribution in [3.63, 3.8) is 0 Å². The maximum atomic E-state index is 12.1. The molecule has 9 nitrogen and oxygen atoms in total. The van der Waals surface area contributed by atoms with Gasteiger partial charge in [-0.05, 0) is 57.8 Å². The number of hydrogen-bond donors (Lipinski definition) is 3. The zero-order chi connectivity index (χ0) is 42.5. The number of carbonyl (C=O) groups excluding carboxylic acids is 2. The molecule has 0 aliphatic heterocycles. The topological polar surface area (TPSA) is 131 Å². The average molecular weight is 836 g/mol. The summed E-state index contributed by atoms with van der Waals surface area (Å²) >= 11 is 0. The van der Waals surface area contributed by atoms with Gasteiger partial charge in [0.1, 0.15) is 12.7 Å². The number of allylic oxidation sites excluding steroid dienone is 10. The maximum Gasteiger partial charge on any atom is 0.472 e. The summed E-state index contributed by atoms with van der Waals surface area (Å²) in [5.41, 5.74) is 0. The molecule has 0 saturated heterocycles. The van der Waals surface area contributed by atoms with Gasteiger partial charge < -0.3 is 20.1 Å². The van der Waals surface area contributed by atoms with Gasteiger partial charge in [0.05, 0.1) is 13.2 Å². The van der Waals surface area contributed by atoms with Crippen LogP contribution in [0.1, 0.15) is 200 Å². The van der Waals surface area contributed by atoms with Crippen LogP contribution >= 0.6 is 7.82 Å². The van der Waals surface area contributed by atoms with Gasteiger partial charge in [0.25, 0.3) is 0 Å². The molecule has 0 aromatic heterocycles. The van der Waals surface area contributed by atoms with E-state index in [-0.39, 0.29) is 32.1 Å². The lowest BCUT2D eigenvalue weighted by Crippen LogP contribution is -2.27. The van der Waals surface area contributed by atoms with E-state index in [0.717, 1.165) is 77.0 Å². The van der Waals surface area contributed by atoms with Crippen LogP contribution in [-0.4, -0.2) is 54.3 Å². The Morgan fingerprint density at radius 1 is 0.552 bits per heavy atom. The maximum absolute atomic E-state index is 12.1. The zero-order valence-corrected chi connectivity index (χ0v) is 37.9. The molecule has 2 unspecified atom stereocenters. The summed E-state index contributed by atoms with van der Waals surface area (Å²) in [7, 11) is -4.42. The molecule has 0 aromatic carbocycles. The van der Waals surface area contributed by atoms with Gasteiger partial charge in [-0.2, -0.15) is 0 Å². The molecule has 0 spiro atoms. The third-order valence-electron chi connectivity index (χ3n) is 9.71. The highest BCUT2D eigenvalue weighted by Gasteiger charge is 2.23. The predicted octanol–water partition coefficient (Wildman–Crippen LogP) is 13.3. The monoisotopic (exact) mass is 836 g/mol. The molecule has 3 N–H and O–H groups in total. The second kappa shape index (κ2) is 44.3. The van der Waals surface area contributed by atoms with E-state index in [1.165, 1.54) is 96.3 Å². The van der Waals surface area contributed by atoms with E-state index in [2.05, 4.69) is 79.9 Å². The number of carbonyl (C=O) groups is 2. The van der Waals surface area contributed by atoms with Crippen molar-refractivity contribution >= 4 is 19.7 Å². The molecule has 0 fully saturated rings. The highest BCUT2D eigenvalue weighted by Crippen LogP contribution is 2.42. The first-order valence-corrected chi connectivity index (χ1v) is 24.8. The summed E-state index contributed by atoms with van der Waals surface area (Å²) in [6.07, 6.45) is 52.9. The van der Waals surface area contributed by atoms with Crippen molar-refractivity contribution in [3.05, 3.63) is 60.8 Å². The van der Waals surface area contributed by atoms with E-state index in [1.54, 1.807) is 0 Å². The lowest BCUT2D eigenvalue weighted by molar-refractivity contribution is -0.147. The molecule has 0 bridgehead atoms. The van der Waals surface area contributed by atoms with E-state index in [1.807, 2.05) is 0 Å². The summed E-state index contributed by atoms with van der Waals surface area (Å²) in [5, 5.41) is 12.7. The number of phosphoric acid groups is 1. The Labute approximate surface area is 355 Å². The van der Waals surface area contributed by atoms with Crippen molar-refractivity contribution in [2.75, 3.05) is 26.4 Å². The van der Waals surface area contributed by atoms with Gasteiger partial charge in [0, 0.05) is 19.4 Å². The Kier molecular flexibility index (Phi) is 42.5. The van der Waals surface area contributed by atoms with E-state index < -0.39 is 26.5 Å². The van der Waals surface area contributed by atoms with Crippen LogP contribution in [0, 0.1) is 0 Å². The summed E-state index contributed by atoms with van der Waals surface area (Å²) in [4.78, 5) is 34.0. The Morgan fingerprint density at radius 3 is 1.48 bits per heavy atom. The predicted molar refractivity (Wildman–Crippen MR) is 243 cm³/mol. The van der Waals surface area contributed by atoms with Gasteiger partial charge in [-0.1, -0.05) is 190 Å². The number of amides is 1. The second-order valence-electron chi connectivity index (χ2n) is 15.4. The van der Waals surface area contributed by atoms with Gasteiger partial charge in [-0.25, -0.2) is 4.57 Å². The molecule has 0 aromatic rings. The Hall–Kier alpha value is -2.29. The number of ether oxygens (including phenoxy) is 1. The fraction of sp³-hybridized carbons (Fsp3) is 0.750. The van der Waals surface area contributed by atoms with Crippen LogP contribution in [0.5, 0.6) is 0 Å². The Morgan fingerprint density at radius 2 is 0.983 bits per heavy atom. The van der Waals surface area contributed by atoms with Gasteiger partial charge in [0.2, 0.25) is 5.91 Å². The van der Waals surface area contributed by atoms with Crippen molar-refractivity contribution in [1.82, 2.24) is 5.32 Å². The van der Waals surface area contributed by atoms with Crippen LogP contribution in [0.25, 0.3) is 0 Å². The standard InChI is InChI=1S/C48H86NO8P/c1-3-5-7-9-11-13-15-17-19-20-21-22-23-24-25-26-27-28-30-32-34-36-38-40-47(51)49-42-43-56-58(53,54)57-45-46(50)44-55-48(52)41-39-37-35-33-31-29-18-16-14-12-10-8-6-4-2/h5,7,11,13,17,19,21-22,24-25,46,50H,3-4,6,8-10,12,14-16,18,20,23,26-45H2,1-2H3,(H,49,51)(H,53,54)/b7-5-,13-11-,19-17-,22-21-,25-24-. The van der Waals surface area contributed by atoms with E-state index in [0.29, 0.717) is 6.42 Å². The summed E-state index contributed by atoms with van der Waals surface area (Å²) in [6, 6.07) is 0. The fourth-order valence-corrected chi connectivity index (χ4v) is 6.99. The van der Waals surface area contributed by atoms with Crippen LogP contribution in [0.4, 0.5) is 0 Å². The molecule has 10 heteroatoms. The number of nitrogens with one attached hydrogen (secondary N) is 1. The van der Waals surface area contributed by atoms with Gasteiger partial charge >= 0.3 is 13.8 Å². The molecule has 58 heavy (non-hydrogen) atoms. The first-order valence-electron chi connectivity index (χ1n) is 23.3. The molecule has 0 aliphatic carbocycles. The molecule has 0 rings (SSSR count). The van der Waals surface area contributed by atoms with E-state index in [4.69, 9.17) is 13.8 Å². The fourth-order valence-electron chi connectivity index (χ4n) is 6.23. The third-order valence-corrected chi connectivity index (χ3v) is 10.7. The van der Waals surface area contributed by atoms with Gasteiger partial charge in [-0.3, -0.25) is 18.6 Å². The van der Waals surface area contributed by atoms with E-state index in [9.17, 15) is 24.2 Å². The summed E-state index contributed by atoms with van der Waals surface area (Å²) < 4.78 is 26.9. The Bertz CT molecular complexity index is 1130. The zero-order valence-electron chi connectivity index (χ0n) is 37.0. The van der Waals surface area contributed by atoms with Crippen LogP contribution in [0.3, 0.4) is 0 Å². The summed E-state index contributed by atoms with van der Waals surface area (Å²) in [5.74, 6) is -0.526. The largest absolute Gasteiger partial charge is 0.472 e. The molecular formula is C48H86NO8P. The molecular weight excluding hydrogens is 750 g/mol. The molecule has 0 heterocycles. The van der Waals surface area contributed by atoms with Crippen LogP contribution in [-0.2, 0) is 27.9 Å². The smallest absolute Gasteiger partial charge is 0.463 e. The van der Waals surface area contributed by atoms with E-state index >= 15 is 0 Å². The van der Waals surface area contributed by atoms with Crippen molar-refractivity contribution in [2.45, 2.75) is 206 Å². The minimum Gasteiger partial charge on any atom is -0.463 e. The molecule has 0 saturated carbocycles. The van der Waals surface area contributed by atoms with Crippen molar-refractivity contribution in [2.24, 2.45) is 0 Å². The molecule has 2 atom stereocenters.